The molecule has 3 amide bonds. The predicted molar refractivity (Wildman–Crippen MR) is 160 cm³/mol. The van der Waals surface area contributed by atoms with Crippen molar-refractivity contribution < 1.29 is 37.3 Å². The highest BCUT2D eigenvalue weighted by Gasteiger charge is 2.31. The third-order valence-corrected chi connectivity index (χ3v) is 7.32. The number of carbonyl (C=O) groups excluding carboxylic acids is 2. The summed E-state index contributed by atoms with van der Waals surface area (Å²) in [4.78, 5) is 30.4. The number of fused-ring (bicyclic) bond motifs is 1. The van der Waals surface area contributed by atoms with Gasteiger partial charge in [-0.1, -0.05) is 6.92 Å². The number of amides is 3. The third-order valence-electron chi connectivity index (χ3n) is 7.32. The summed E-state index contributed by atoms with van der Waals surface area (Å²) < 4.78 is 51.1. The highest BCUT2D eigenvalue weighted by Crippen LogP contribution is 2.31. The maximum absolute atomic E-state index is 14.1. The first-order chi connectivity index (χ1) is 20.3. The standard InChI is InChI=1S/C31H43F3N4O5/c1-20-17-38(21(2)19-39)29(40)26-16-25(36-30(41)35-24-11-9-23(10-12-24)31(32,33)34)13-14-27(26)43-22(3)8-6-7-15-42-28(20)18-37(4)5/h9-14,16,20-22,28,39H,6-8,15,17-19H2,1-5H3,(H2,35,36,41)/t20-,21+,22-,28+/m1/s1. The molecule has 0 aliphatic carbocycles. The average Bonchev–Trinajstić information content (AvgIpc) is 2.94. The van der Waals surface area contributed by atoms with E-state index in [9.17, 15) is 27.9 Å². The molecule has 1 heterocycles. The van der Waals surface area contributed by atoms with Crippen molar-refractivity contribution in [3.8, 4) is 5.75 Å². The van der Waals surface area contributed by atoms with E-state index in [2.05, 4.69) is 10.6 Å². The lowest BCUT2D eigenvalue weighted by Gasteiger charge is -2.35. The molecule has 0 spiro atoms. The Morgan fingerprint density at radius 3 is 2.37 bits per heavy atom. The number of urea groups is 1. The van der Waals surface area contributed by atoms with E-state index in [-0.39, 0.29) is 47.6 Å². The first-order valence-electron chi connectivity index (χ1n) is 14.5. The lowest BCUT2D eigenvalue weighted by Crippen LogP contribution is -2.47. The van der Waals surface area contributed by atoms with Crippen LogP contribution in [0, 0.1) is 5.92 Å². The molecule has 3 rings (SSSR count). The number of anilines is 2. The SMILES string of the molecule is C[C@@H]1CCCCO[C@@H](CN(C)C)[C@H](C)CN([C@@H](C)CO)C(=O)c2cc(NC(=O)Nc3ccc(C(F)(F)F)cc3)ccc2O1. The van der Waals surface area contributed by atoms with Crippen LogP contribution in [0.3, 0.4) is 0 Å². The Kier molecular flexibility index (Phi) is 12.2. The number of aliphatic hydroxyl groups excluding tert-OH is 1. The van der Waals surface area contributed by atoms with Gasteiger partial charge in [-0.3, -0.25) is 4.79 Å². The maximum atomic E-state index is 14.1. The van der Waals surface area contributed by atoms with Crippen molar-refractivity contribution >= 4 is 23.3 Å². The summed E-state index contributed by atoms with van der Waals surface area (Å²) in [6, 6.07) is 7.60. The minimum atomic E-state index is -4.48. The van der Waals surface area contributed by atoms with Crippen LogP contribution in [0.25, 0.3) is 0 Å². The number of benzene rings is 2. The molecule has 0 saturated heterocycles. The fraction of sp³-hybridized carbons (Fsp3) is 0.548. The van der Waals surface area contributed by atoms with Crippen LogP contribution in [0.5, 0.6) is 5.75 Å². The average molecular weight is 609 g/mol. The summed E-state index contributed by atoms with van der Waals surface area (Å²) in [5.74, 6) is -0.0717. The Balaban J connectivity index is 1.90. The zero-order valence-electron chi connectivity index (χ0n) is 25.4. The van der Waals surface area contributed by atoms with Crippen molar-refractivity contribution in [3.63, 3.8) is 0 Å². The van der Waals surface area contributed by atoms with E-state index >= 15 is 0 Å². The Bertz CT molecular complexity index is 1210. The van der Waals surface area contributed by atoms with Crippen LogP contribution in [0.1, 0.15) is 56.0 Å². The molecule has 0 unspecified atom stereocenters. The molecule has 2 aromatic rings. The number of carbonyl (C=O) groups is 2. The van der Waals surface area contributed by atoms with Gasteiger partial charge in [-0.05, 0) is 89.7 Å². The quantitative estimate of drug-likeness (QED) is 0.389. The number of hydrogen-bond acceptors (Lipinski definition) is 6. The lowest BCUT2D eigenvalue weighted by atomic mass is 10.0. The molecule has 1 aliphatic rings. The minimum absolute atomic E-state index is 0.0533. The highest BCUT2D eigenvalue weighted by molar-refractivity contribution is 6.02. The maximum Gasteiger partial charge on any atom is 0.416 e. The van der Waals surface area contributed by atoms with E-state index in [4.69, 9.17) is 9.47 Å². The van der Waals surface area contributed by atoms with Crippen molar-refractivity contribution in [2.45, 2.75) is 64.5 Å². The molecule has 43 heavy (non-hydrogen) atoms. The molecule has 0 aromatic heterocycles. The summed E-state index contributed by atoms with van der Waals surface area (Å²) in [6.45, 7) is 7.05. The Labute approximate surface area is 251 Å². The van der Waals surface area contributed by atoms with Gasteiger partial charge in [0.05, 0.1) is 36.0 Å². The Hall–Kier alpha value is -3.35. The number of aliphatic hydroxyl groups is 1. The first-order valence-corrected chi connectivity index (χ1v) is 14.5. The molecule has 4 atom stereocenters. The van der Waals surface area contributed by atoms with Crippen LogP contribution >= 0.6 is 0 Å². The van der Waals surface area contributed by atoms with E-state index in [1.54, 1.807) is 24.0 Å². The van der Waals surface area contributed by atoms with Gasteiger partial charge in [-0.25, -0.2) is 4.79 Å². The van der Waals surface area contributed by atoms with E-state index in [1.165, 1.54) is 6.07 Å². The van der Waals surface area contributed by atoms with Crippen LogP contribution in [-0.4, -0.2) is 85.5 Å². The Morgan fingerprint density at radius 2 is 1.74 bits per heavy atom. The molecule has 0 fully saturated rings. The number of hydrogen-bond donors (Lipinski definition) is 3. The molecule has 2 aromatic carbocycles. The van der Waals surface area contributed by atoms with Crippen molar-refractivity contribution in [3.05, 3.63) is 53.6 Å². The number of rotatable bonds is 6. The van der Waals surface area contributed by atoms with Gasteiger partial charge in [0, 0.05) is 37.0 Å². The molecule has 238 valence electrons. The smallest absolute Gasteiger partial charge is 0.416 e. The fourth-order valence-corrected chi connectivity index (χ4v) is 4.86. The van der Waals surface area contributed by atoms with Gasteiger partial charge in [-0.15, -0.1) is 0 Å². The molecule has 0 saturated carbocycles. The van der Waals surface area contributed by atoms with E-state index < -0.39 is 23.8 Å². The van der Waals surface area contributed by atoms with E-state index in [1.807, 2.05) is 32.8 Å². The normalized spacial score (nSPS) is 21.4. The molecule has 0 radical (unpaired) electrons. The molecule has 12 heteroatoms. The lowest BCUT2D eigenvalue weighted by molar-refractivity contribution is -0.137. The van der Waals surface area contributed by atoms with Crippen LogP contribution in [0.4, 0.5) is 29.3 Å². The number of ether oxygens (including phenoxy) is 2. The largest absolute Gasteiger partial charge is 0.490 e. The van der Waals surface area contributed by atoms with Crippen molar-refractivity contribution in [1.82, 2.24) is 9.80 Å². The number of likely N-dealkylation sites (N-methyl/N-ethyl adjacent to an activating group) is 1. The molecular weight excluding hydrogens is 565 g/mol. The summed E-state index contributed by atoms with van der Waals surface area (Å²) in [6.07, 6.45) is -2.32. The summed E-state index contributed by atoms with van der Waals surface area (Å²) >= 11 is 0. The van der Waals surface area contributed by atoms with Gasteiger partial charge in [0.2, 0.25) is 0 Å². The second-order valence-corrected chi connectivity index (χ2v) is 11.4. The summed E-state index contributed by atoms with van der Waals surface area (Å²) in [7, 11) is 3.94. The zero-order valence-corrected chi connectivity index (χ0v) is 25.4. The molecular formula is C31H43F3N4O5. The topological polar surface area (TPSA) is 103 Å². The first kappa shape index (κ1) is 34.1. The number of halogens is 3. The number of nitrogens with zero attached hydrogens (tertiary/aromatic N) is 2. The van der Waals surface area contributed by atoms with Crippen molar-refractivity contribution in [1.29, 1.82) is 0 Å². The van der Waals surface area contributed by atoms with Gasteiger partial charge in [0.1, 0.15) is 5.75 Å². The van der Waals surface area contributed by atoms with E-state index in [0.717, 1.165) is 43.5 Å². The fourth-order valence-electron chi connectivity index (χ4n) is 4.86. The van der Waals surface area contributed by atoms with Gasteiger partial charge in [0.15, 0.2) is 0 Å². The van der Waals surface area contributed by atoms with Crippen molar-refractivity contribution in [2.75, 3.05) is 51.0 Å². The Morgan fingerprint density at radius 1 is 1.09 bits per heavy atom. The van der Waals surface area contributed by atoms with Gasteiger partial charge in [0.25, 0.3) is 5.91 Å². The molecule has 0 bridgehead atoms. The van der Waals surface area contributed by atoms with Crippen LogP contribution in [-0.2, 0) is 10.9 Å². The predicted octanol–water partition coefficient (Wildman–Crippen LogP) is 5.71. The second kappa shape index (κ2) is 15.4. The summed E-state index contributed by atoms with van der Waals surface area (Å²) in [5, 5.41) is 15.2. The van der Waals surface area contributed by atoms with Crippen LogP contribution in [0.15, 0.2) is 42.5 Å². The third kappa shape index (κ3) is 10.1. The van der Waals surface area contributed by atoms with Gasteiger partial charge < -0.3 is 35.0 Å². The number of nitrogens with one attached hydrogen (secondary N) is 2. The van der Waals surface area contributed by atoms with Gasteiger partial charge >= 0.3 is 12.2 Å². The molecule has 9 nitrogen and oxygen atoms in total. The number of alkyl halides is 3. The monoisotopic (exact) mass is 608 g/mol. The molecule has 1 aliphatic heterocycles. The minimum Gasteiger partial charge on any atom is -0.490 e. The van der Waals surface area contributed by atoms with E-state index in [0.29, 0.717) is 25.4 Å². The van der Waals surface area contributed by atoms with Crippen molar-refractivity contribution in [2.24, 2.45) is 5.92 Å². The molecule has 3 N–H and O–H groups in total. The highest BCUT2D eigenvalue weighted by atomic mass is 19.4. The second-order valence-electron chi connectivity index (χ2n) is 11.4. The van der Waals surface area contributed by atoms with Crippen LogP contribution < -0.4 is 15.4 Å². The van der Waals surface area contributed by atoms with Gasteiger partial charge in [-0.2, -0.15) is 13.2 Å². The zero-order chi connectivity index (χ0) is 31.7. The van der Waals surface area contributed by atoms with Crippen LogP contribution in [0.2, 0.25) is 0 Å². The summed E-state index contributed by atoms with van der Waals surface area (Å²) in [5.41, 5.74) is -0.155.